The highest BCUT2D eigenvalue weighted by Gasteiger charge is 2.31. The van der Waals surface area contributed by atoms with Gasteiger partial charge in [-0.1, -0.05) is 0 Å². The maximum Gasteiger partial charge on any atom is 0.159 e. The van der Waals surface area contributed by atoms with Crippen molar-refractivity contribution in [1.82, 2.24) is 4.90 Å². The lowest BCUT2D eigenvalue weighted by molar-refractivity contribution is 0.101. The Morgan fingerprint density at radius 1 is 1.32 bits per heavy atom. The van der Waals surface area contributed by atoms with Crippen molar-refractivity contribution in [3.05, 3.63) is 28.2 Å². The van der Waals surface area contributed by atoms with Crippen LogP contribution in [0.5, 0.6) is 0 Å². The van der Waals surface area contributed by atoms with Crippen molar-refractivity contribution in [2.45, 2.75) is 26.3 Å². The molecule has 1 saturated heterocycles. The quantitative estimate of drug-likeness (QED) is 0.780. The average molecular weight is 325 g/mol. The maximum absolute atomic E-state index is 11.4. The molecule has 4 heteroatoms. The summed E-state index contributed by atoms with van der Waals surface area (Å²) in [5.74, 6) is 0.103. The molecule has 0 bridgehead atoms. The lowest BCUT2D eigenvalue weighted by atomic mass is 9.99. The first-order valence-electron chi connectivity index (χ1n) is 6.58. The van der Waals surface area contributed by atoms with E-state index in [0.29, 0.717) is 0 Å². The number of likely N-dealkylation sites (N-methyl/N-ethyl adjacent to an activating group) is 1. The minimum absolute atomic E-state index is 0.103. The summed E-state index contributed by atoms with van der Waals surface area (Å²) in [5, 5.41) is 0. The minimum Gasteiger partial charge on any atom is -0.368 e. The summed E-state index contributed by atoms with van der Waals surface area (Å²) in [6, 6.07) is 5.87. The Balaban J connectivity index is 2.26. The molecule has 3 nitrogen and oxygen atoms in total. The molecular formula is C15H21BrN2O. The van der Waals surface area contributed by atoms with Gasteiger partial charge in [-0.3, -0.25) is 9.69 Å². The topological polar surface area (TPSA) is 23.6 Å². The average Bonchev–Trinajstić information content (AvgIpc) is 2.32. The molecule has 0 unspecified atom stereocenters. The fourth-order valence-corrected chi connectivity index (χ4v) is 3.06. The van der Waals surface area contributed by atoms with Gasteiger partial charge in [0.2, 0.25) is 0 Å². The zero-order valence-corrected chi connectivity index (χ0v) is 13.6. The molecule has 0 spiro atoms. The molecule has 1 fully saturated rings. The summed E-state index contributed by atoms with van der Waals surface area (Å²) < 4.78 is 1.00. The molecule has 0 amide bonds. The van der Waals surface area contributed by atoms with Crippen LogP contribution in [0, 0.1) is 0 Å². The molecule has 1 aromatic rings. The van der Waals surface area contributed by atoms with Gasteiger partial charge in [0.15, 0.2) is 5.78 Å². The van der Waals surface area contributed by atoms with Crippen molar-refractivity contribution in [3.63, 3.8) is 0 Å². The van der Waals surface area contributed by atoms with Crippen molar-refractivity contribution in [3.8, 4) is 0 Å². The van der Waals surface area contributed by atoms with E-state index < -0.39 is 0 Å². The molecule has 0 atom stereocenters. The summed E-state index contributed by atoms with van der Waals surface area (Å²) in [6.07, 6.45) is 0. The Hall–Kier alpha value is -0.870. The van der Waals surface area contributed by atoms with Gasteiger partial charge < -0.3 is 4.90 Å². The minimum atomic E-state index is 0.103. The van der Waals surface area contributed by atoms with Crippen molar-refractivity contribution in [2.24, 2.45) is 0 Å². The van der Waals surface area contributed by atoms with Gasteiger partial charge in [0.25, 0.3) is 0 Å². The number of Topliss-reactive ketones (excluding diaryl/α,β-unsaturated/α-hetero) is 1. The van der Waals surface area contributed by atoms with E-state index in [-0.39, 0.29) is 11.3 Å². The second kappa shape index (κ2) is 5.25. The molecule has 0 radical (unpaired) electrons. The maximum atomic E-state index is 11.4. The van der Waals surface area contributed by atoms with E-state index in [1.807, 2.05) is 18.2 Å². The zero-order valence-electron chi connectivity index (χ0n) is 12.0. The Kier molecular flexibility index (Phi) is 4.02. The lowest BCUT2D eigenvalue weighted by Gasteiger charge is -2.46. The van der Waals surface area contributed by atoms with Gasteiger partial charge in [0.05, 0.1) is 5.69 Å². The number of benzene rings is 1. The Morgan fingerprint density at radius 3 is 2.53 bits per heavy atom. The number of rotatable bonds is 2. The molecule has 104 valence electrons. The number of anilines is 1. The van der Waals surface area contributed by atoms with Crippen molar-refractivity contribution in [1.29, 1.82) is 0 Å². The largest absolute Gasteiger partial charge is 0.368 e. The number of nitrogens with zero attached hydrogens (tertiary/aromatic N) is 2. The number of halogens is 1. The van der Waals surface area contributed by atoms with E-state index in [2.05, 4.69) is 46.6 Å². The van der Waals surface area contributed by atoms with E-state index in [0.717, 1.165) is 29.7 Å². The molecular weight excluding hydrogens is 304 g/mol. The molecule has 0 aromatic heterocycles. The lowest BCUT2D eigenvalue weighted by Crippen LogP contribution is -2.57. The van der Waals surface area contributed by atoms with Gasteiger partial charge in [-0.25, -0.2) is 0 Å². The van der Waals surface area contributed by atoms with Crippen LogP contribution in [0.4, 0.5) is 5.69 Å². The summed E-state index contributed by atoms with van der Waals surface area (Å²) in [6.45, 7) is 9.17. The van der Waals surface area contributed by atoms with Gasteiger partial charge in [-0.05, 0) is 61.9 Å². The van der Waals surface area contributed by atoms with Crippen LogP contribution >= 0.6 is 15.9 Å². The van der Waals surface area contributed by atoms with E-state index >= 15 is 0 Å². The molecule has 0 aliphatic carbocycles. The van der Waals surface area contributed by atoms with Crippen LogP contribution in [-0.2, 0) is 0 Å². The second-order valence-electron chi connectivity index (χ2n) is 5.88. The normalized spacial score (nSPS) is 19.5. The molecule has 0 saturated carbocycles. The third-order valence-electron chi connectivity index (χ3n) is 4.01. The Labute approximate surface area is 123 Å². The SMILES string of the molecule is CC(=O)c1ccc(N2CCN(C)C(C)(C)C2)c(Br)c1. The van der Waals surface area contributed by atoms with E-state index in [9.17, 15) is 4.79 Å². The summed E-state index contributed by atoms with van der Waals surface area (Å²) in [4.78, 5) is 16.2. The van der Waals surface area contributed by atoms with E-state index in [1.54, 1.807) is 6.92 Å². The van der Waals surface area contributed by atoms with Crippen LogP contribution < -0.4 is 4.90 Å². The Morgan fingerprint density at radius 2 is 2.00 bits per heavy atom. The van der Waals surface area contributed by atoms with Gasteiger partial charge in [0, 0.05) is 35.2 Å². The van der Waals surface area contributed by atoms with Crippen LogP contribution in [0.15, 0.2) is 22.7 Å². The number of carbonyl (C=O) groups is 1. The predicted molar refractivity (Wildman–Crippen MR) is 83.1 cm³/mol. The second-order valence-corrected chi connectivity index (χ2v) is 6.73. The number of hydrogen-bond donors (Lipinski definition) is 0. The van der Waals surface area contributed by atoms with Crippen molar-refractivity contribution < 1.29 is 4.79 Å². The number of piperazine rings is 1. The standard InChI is InChI=1S/C15H21BrN2O/c1-11(19)12-5-6-14(13(16)9-12)18-8-7-17(4)15(2,3)10-18/h5-6,9H,7-8,10H2,1-4H3. The number of ketones is 1. The fourth-order valence-electron chi connectivity index (χ4n) is 2.43. The third kappa shape index (κ3) is 3.00. The first-order chi connectivity index (χ1) is 8.81. The van der Waals surface area contributed by atoms with Crippen LogP contribution in [-0.4, -0.2) is 42.9 Å². The predicted octanol–water partition coefficient (Wildman–Crippen LogP) is 3.18. The highest BCUT2D eigenvalue weighted by atomic mass is 79.9. The first kappa shape index (κ1) is 14.5. The molecule has 0 N–H and O–H groups in total. The van der Waals surface area contributed by atoms with Crippen LogP contribution in [0.1, 0.15) is 31.1 Å². The monoisotopic (exact) mass is 324 g/mol. The van der Waals surface area contributed by atoms with Gasteiger partial charge in [0.1, 0.15) is 0 Å². The van der Waals surface area contributed by atoms with Crippen LogP contribution in [0.2, 0.25) is 0 Å². The first-order valence-corrected chi connectivity index (χ1v) is 7.37. The van der Waals surface area contributed by atoms with Gasteiger partial charge in [-0.2, -0.15) is 0 Å². The van der Waals surface area contributed by atoms with Crippen molar-refractivity contribution >= 4 is 27.4 Å². The highest BCUT2D eigenvalue weighted by Crippen LogP contribution is 2.31. The smallest absolute Gasteiger partial charge is 0.159 e. The number of hydrogen-bond acceptors (Lipinski definition) is 3. The summed E-state index contributed by atoms with van der Waals surface area (Å²) in [7, 11) is 2.17. The number of carbonyl (C=O) groups excluding carboxylic acids is 1. The molecule has 2 rings (SSSR count). The Bertz CT molecular complexity index is 499. The van der Waals surface area contributed by atoms with Crippen LogP contribution in [0.3, 0.4) is 0 Å². The van der Waals surface area contributed by atoms with Gasteiger partial charge in [-0.15, -0.1) is 0 Å². The fraction of sp³-hybridized carbons (Fsp3) is 0.533. The van der Waals surface area contributed by atoms with E-state index in [1.165, 1.54) is 5.69 Å². The molecule has 1 aliphatic heterocycles. The molecule has 19 heavy (non-hydrogen) atoms. The molecule has 1 aromatic carbocycles. The molecule has 1 heterocycles. The summed E-state index contributed by atoms with van der Waals surface area (Å²) >= 11 is 3.60. The summed E-state index contributed by atoms with van der Waals surface area (Å²) in [5.41, 5.74) is 2.09. The third-order valence-corrected chi connectivity index (χ3v) is 4.65. The van der Waals surface area contributed by atoms with Gasteiger partial charge >= 0.3 is 0 Å². The molecule has 1 aliphatic rings. The van der Waals surface area contributed by atoms with E-state index in [4.69, 9.17) is 0 Å². The zero-order chi connectivity index (χ0) is 14.2. The van der Waals surface area contributed by atoms with Crippen molar-refractivity contribution in [2.75, 3.05) is 31.6 Å². The highest BCUT2D eigenvalue weighted by molar-refractivity contribution is 9.10. The van der Waals surface area contributed by atoms with Crippen LogP contribution in [0.25, 0.3) is 0 Å².